The Bertz CT molecular complexity index is 452. The van der Waals surface area contributed by atoms with Gasteiger partial charge < -0.3 is 15.4 Å². The molecule has 1 fully saturated rings. The molecule has 116 valence electrons. The van der Waals surface area contributed by atoms with Gasteiger partial charge in [0.25, 0.3) is 0 Å². The number of methoxy groups -OCH3 is 1. The summed E-state index contributed by atoms with van der Waals surface area (Å²) in [6.07, 6.45) is 5.65. The summed E-state index contributed by atoms with van der Waals surface area (Å²) in [5, 5.41) is 5.93. The molecule has 0 aliphatic heterocycles. The maximum atomic E-state index is 11.8. The average Bonchev–Trinajstić information content (AvgIpc) is 3.31. The molecule has 0 saturated heterocycles. The number of nitrogens with one attached hydrogen (secondary N) is 2. The van der Waals surface area contributed by atoms with Gasteiger partial charge in [-0.2, -0.15) is 0 Å². The summed E-state index contributed by atoms with van der Waals surface area (Å²) in [7, 11) is 1.67. The number of urea groups is 1. The molecule has 0 atom stereocenters. The van der Waals surface area contributed by atoms with Crippen molar-refractivity contribution in [2.24, 2.45) is 0 Å². The van der Waals surface area contributed by atoms with Gasteiger partial charge >= 0.3 is 6.03 Å². The van der Waals surface area contributed by atoms with Crippen LogP contribution in [0.5, 0.6) is 5.75 Å². The van der Waals surface area contributed by atoms with Gasteiger partial charge in [0.15, 0.2) is 0 Å². The van der Waals surface area contributed by atoms with Gasteiger partial charge in [-0.1, -0.05) is 31.9 Å². The Balaban J connectivity index is 1.77. The number of unbranched alkanes of at least 4 members (excludes halogenated alkanes) is 2. The Morgan fingerprint density at radius 3 is 2.48 bits per heavy atom. The summed E-state index contributed by atoms with van der Waals surface area (Å²) in [6, 6.07) is 8.13. The Morgan fingerprint density at radius 2 is 1.90 bits per heavy atom. The maximum absolute atomic E-state index is 11.8. The first-order chi connectivity index (χ1) is 10.2. The maximum Gasteiger partial charge on any atom is 0.314 e. The summed E-state index contributed by atoms with van der Waals surface area (Å²) in [6.45, 7) is 3.62. The van der Waals surface area contributed by atoms with Gasteiger partial charge in [0.05, 0.1) is 7.11 Å². The molecular weight excluding hydrogens is 264 g/mol. The van der Waals surface area contributed by atoms with Crippen molar-refractivity contribution in [1.82, 2.24) is 10.6 Å². The lowest BCUT2D eigenvalue weighted by Gasteiger charge is -2.17. The third-order valence-electron chi connectivity index (χ3n) is 4.21. The van der Waals surface area contributed by atoms with E-state index in [-0.39, 0.29) is 11.4 Å². The van der Waals surface area contributed by atoms with E-state index in [0.717, 1.165) is 38.0 Å². The van der Waals surface area contributed by atoms with E-state index in [1.165, 1.54) is 12.0 Å². The van der Waals surface area contributed by atoms with Crippen LogP contribution in [0.1, 0.15) is 44.6 Å². The van der Waals surface area contributed by atoms with Gasteiger partial charge in [-0.05, 0) is 37.0 Å². The van der Waals surface area contributed by atoms with E-state index in [1.54, 1.807) is 7.11 Å². The van der Waals surface area contributed by atoms with Crippen molar-refractivity contribution in [3.05, 3.63) is 29.8 Å². The number of rotatable bonds is 8. The molecule has 2 rings (SSSR count). The second-order valence-corrected chi connectivity index (χ2v) is 5.83. The van der Waals surface area contributed by atoms with Gasteiger partial charge in [-0.3, -0.25) is 0 Å². The SMILES string of the molecule is CCCCCNC(=O)NCC1(c2ccc(OC)cc2)CC1. The van der Waals surface area contributed by atoms with Gasteiger partial charge in [-0.25, -0.2) is 4.79 Å². The number of hydrogen-bond acceptors (Lipinski definition) is 2. The molecule has 21 heavy (non-hydrogen) atoms. The zero-order valence-corrected chi connectivity index (χ0v) is 13.1. The predicted molar refractivity (Wildman–Crippen MR) is 84.8 cm³/mol. The summed E-state index contributed by atoms with van der Waals surface area (Å²) in [5.41, 5.74) is 1.42. The average molecular weight is 290 g/mol. The molecule has 4 nitrogen and oxygen atoms in total. The highest BCUT2D eigenvalue weighted by Crippen LogP contribution is 2.47. The lowest BCUT2D eigenvalue weighted by Crippen LogP contribution is -2.40. The van der Waals surface area contributed by atoms with Crippen molar-refractivity contribution in [2.45, 2.75) is 44.4 Å². The fourth-order valence-corrected chi connectivity index (χ4v) is 2.55. The molecule has 2 N–H and O–H groups in total. The molecule has 0 aromatic heterocycles. The Labute approximate surface area is 127 Å². The van der Waals surface area contributed by atoms with Crippen LogP contribution in [0.15, 0.2) is 24.3 Å². The highest BCUT2D eigenvalue weighted by atomic mass is 16.5. The van der Waals surface area contributed by atoms with Crippen LogP contribution in [0.25, 0.3) is 0 Å². The van der Waals surface area contributed by atoms with Crippen molar-refractivity contribution in [3.8, 4) is 5.75 Å². The molecule has 2 amide bonds. The lowest BCUT2D eigenvalue weighted by atomic mass is 9.96. The first-order valence-electron chi connectivity index (χ1n) is 7.86. The lowest BCUT2D eigenvalue weighted by molar-refractivity contribution is 0.239. The van der Waals surface area contributed by atoms with Gasteiger partial charge in [0.1, 0.15) is 5.75 Å². The Morgan fingerprint density at radius 1 is 1.19 bits per heavy atom. The van der Waals surface area contributed by atoms with Gasteiger partial charge in [0.2, 0.25) is 0 Å². The third-order valence-corrected chi connectivity index (χ3v) is 4.21. The van der Waals surface area contributed by atoms with Gasteiger partial charge in [-0.15, -0.1) is 0 Å². The largest absolute Gasteiger partial charge is 0.497 e. The minimum Gasteiger partial charge on any atom is -0.497 e. The second-order valence-electron chi connectivity index (χ2n) is 5.83. The van der Waals surface area contributed by atoms with Crippen LogP contribution >= 0.6 is 0 Å². The van der Waals surface area contributed by atoms with E-state index >= 15 is 0 Å². The third kappa shape index (κ3) is 4.38. The molecule has 1 saturated carbocycles. The summed E-state index contributed by atoms with van der Waals surface area (Å²) < 4.78 is 5.18. The van der Waals surface area contributed by atoms with Crippen LogP contribution in [-0.2, 0) is 5.41 Å². The topological polar surface area (TPSA) is 50.4 Å². The van der Waals surface area contributed by atoms with E-state index in [9.17, 15) is 4.79 Å². The van der Waals surface area contributed by atoms with E-state index in [1.807, 2.05) is 12.1 Å². The highest BCUT2D eigenvalue weighted by Gasteiger charge is 2.44. The molecule has 1 aliphatic rings. The Kier molecular flexibility index (Phi) is 5.48. The zero-order valence-electron chi connectivity index (χ0n) is 13.1. The molecule has 4 heteroatoms. The van der Waals surface area contributed by atoms with Crippen molar-refractivity contribution < 1.29 is 9.53 Å². The smallest absolute Gasteiger partial charge is 0.314 e. The van der Waals surface area contributed by atoms with E-state index in [2.05, 4.69) is 29.7 Å². The van der Waals surface area contributed by atoms with E-state index in [0.29, 0.717) is 6.54 Å². The fourth-order valence-electron chi connectivity index (χ4n) is 2.55. The second kappa shape index (κ2) is 7.34. The molecule has 0 spiro atoms. The van der Waals surface area contributed by atoms with Crippen LogP contribution < -0.4 is 15.4 Å². The number of hydrogen-bond donors (Lipinski definition) is 2. The van der Waals surface area contributed by atoms with E-state index in [4.69, 9.17) is 4.74 Å². The van der Waals surface area contributed by atoms with Crippen LogP contribution in [0.4, 0.5) is 4.79 Å². The molecule has 0 heterocycles. The quantitative estimate of drug-likeness (QED) is 0.722. The summed E-state index contributed by atoms with van der Waals surface area (Å²) in [5.74, 6) is 0.871. The summed E-state index contributed by atoms with van der Waals surface area (Å²) in [4.78, 5) is 11.8. The standard InChI is InChI=1S/C17H26N2O2/c1-3-4-5-12-18-16(20)19-13-17(10-11-17)14-6-8-15(21-2)9-7-14/h6-9H,3-5,10-13H2,1-2H3,(H2,18,19,20). The number of carbonyl (C=O) groups is 1. The van der Waals surface area contributed by atoms with Crippen molar-refractivity contribution >= 4 is 6.03 Å². The molecule has 1 aromatic rings. The normalized spacial score (nSPS) is 15.3. The number of carbonyl (C=O) groups excluding carboxylic acids is 1. The molecular formula is C17H26N2O2. The molecule has 1 aliphatic carbocycles. The monoisotopic (exact) mass is 290 g/mol. The first kappa shape index (κ1) is 15.7. The predicted octanol–water partition coefficient (Wildman–Crippen LogP) is 3.22. The van der Waals surface area contributed by atoms with Crippen LogP contribution in [-0.4, -0.2) is 26.2 Å². The highest BCUT2D eigenvalue weighted by molar-refractivity contribution is 5.74. The number of benzene rings is 1. The molecule has 1 aromatic carbocycles. The van der Waals surface area contributed by atoms with Crippen LogP contribution in [0.2, 0.25) is 0 Å². The van der Waals surface area contributed by atoms with Crippen LogP contribution in [0.3, 0.4) is 0 Å². The minimum absolute atomic E-state index is 0.0501. The molecule has 0 unspecified atom stereocenters. The minimum atomic E-state index is -0.0501. The zero-order chi connectivity index (χ0) is 15.1. The van der Waals surface area contributed by atoms with Crippen LogP contribution in [0, 0.1) is 0 Å². The van der Waals surface area contributed by atoms with Gasteiger partial charge in [0, 0.05) is 18.5 Å². The number of ether oxygens (including phenoxy) is 1. The summed E-state index contributed by atoms with van der Waals surface area (Å²) >= 11 is 0. The fraction of sp³-hybridized carbons (Fsp3) is 0.588. The van der Waals surface area contributed by atoms with E-state index < -0.39 is 0 Å². The van der Waals surface area contributed by atoms with Crippen molar-refractivity contribution in [2.75, 3.05) is 20.2 Å². The molecule has 0 radical (unpaired) electrons. The number of amides is 2. The Hall–Kier alpha value is -1.71. The van der Waals surface area contributed by atoms with Crippen molar-refractivity contribution in [3.63, 3.8) is 0 Å². The molecule has 0 bridgehead atoms. The van der Waals surface area contributed by atoms with Crippen molar-refractivity contribution in [1.29, 1.82) is 0 Å². The first-order valence-corrected chi connectivity index (χ1v) is 7.86.